The summed E-state index contributed by atoms with van der Waals surface area (Å²) in [5.74, 6) is -1.15. The van der Waals surface area contributed by atoms with Crippen molar-refractivity contribution in [3.8, 4) is 0 Å². The maximum absolute atomic E-state index is 11.9. The summed E-state index contributed by atoms with van der Waals surface area (Å²) in [5.41, 5.74) is 0. The van der Waals surface area contributed by atoms with Crippen LogP contribution in [0.2, 0.25) is 0 Å². The van der Waals surface area contributed by atoms with Gasteiger partial charge in [0, 0.05) is 20.1 Å². The molecule has 1 unspecified atom stereocenters. The smallest absolute Gasteiger partial charge is 0.326 e. The third-order valence-electron chi connectivity index (χ3n) is 3.47. The monoisotopic (exact) mass is 285 g/mol. The van der Waals surface area contributed by atoms with E-state index in [1.165, 1.54) is 11.9 Å². The lowest BCUT2D eigenvalue weighted by atomic mass is 10.2. The van der Waals surface area contributed by atoms with Crippen molar-refractivity contribution < 1.29 is 19.5 Å². The molecule has 0 aromatic carbocycles. The molecular weight excluding hydrogens is 262 g/mol. The molecule has 1 fully saturated rings. The zero-order valence-electron chi connectivity index (χ0n) is 12.3. The number of aliphatic carboxylic acids is 1. The van der Waals surface area contributed by atoms with Gasteiger partial charge in [0.1, 0.15) is 12.6 Å². The first-order valence-electron chi connectivity index (χ1n) is 6.92. The maximum atomic E-state index is 11.9. The van der Waals surface area contributed by atoms with E-state index in [2.05, 4.69) is 5.32 Å². The van der Waals surface area contributed by atoms with E-state index < -0.39 is 18.0 Å². The third kappa shape index (κ3) is 4.40. The Morgan fingerprint density at radius 2 is 1.80 bits per heavy atom. The second kappa shape index (κ2) is 7.12. The number of hydrogen-bond acceptors (Lipinski definition) is 3. The van der Waals surface area contributed by atoms with Crippen LogP contribution in [0.5, 0.6) is 0 Å². The maximum Gasteiger partial charge on any atom is 0.326 e. The number of nitrogens with one attached hydrogen (secondary N) is 1. The SMILES string of the molecule is CCN(CC)C(=O)CN(C)C(=O)NC(C(=O)O)C1CC1. The van der Waals surface area contributed by atoms with E-state index in [1.807, 2.05) is 13.8 Å². The van der Waals surface area contributed by atoms with Gasteiger partial charge in [-0.1, -0.05) is 0 Å². The highest BCUT2D eigenvalue weighted by atomic mass is 16.4. The number of carboxylic acids is 1. The number of amides is 3. The number of likely N-dealkylation sites (N-methyl/N-ethyl adjacent to an activating group) is 2. The Hall–Kier alpha value is -1.79. The highest BCUT2D eigenvalue weighted by Gasteiger charge is 2.37. The van der Waals surface area contributed by atoms with E-state index in [1.54, 1.807) is 4.90 Å². The van der Waals surface area contributed by atoms with Crippen LogP contribution in [0.15, 0.2) is 0 Å². The Kier molecular flexibility index (Phi) is 5.79. The van der Waals surface area contributed by atoms with Gasteiger partial charge in [0.2, 0.25) is 5.91 Å². The number of carbonyl (C=O) groups excluding carboxylic acids is 2. The van der Waals surface area contributed by atoms with Crippen LogP contribution in [0, 0.1) is 5.92 Å². The Balaban J connectivity index is 2.49. The van der Waals surface area contributed by atoms with Gasteiger partial charge < -0.3 is 20.2 Å². The van der Waals surface area contributed by atoms with Crippen LogP contribution in [0.3, 0.4) is 0 Å². The van der Waals surface area contributed by atoms with Gasteiger partial charge in [-0.3, -0.25) is 4.79 Å². The average molecular weight is 285 g/mol. The fraction of sp³-hybridized carbons (Fsp3) is 0.769. The van der Waals surface area contributed by atoms with Crippen LogP contribution in [0.25, 0.3) is 0 Å². The lowest BCUT2D eigenvalue weighted by molar-refractivity contribution is -0.139. The lowest BCUT2D eigenvalue weighted by Crippen LogP contribution is -2.50. The topological polar surface area (TPSA) is 90.0 Å². The van der Waals surface area contributed by atoms with Crippen LogP contribution in [-0.2, 0) is 9.59 Å². The molecular formula is C13H23N3O4. The molecule has 3 amide bonds. The number of carbonyl (C=O) groups is 3. The second-order valence-corrected chi connectivity index (χ2v) is 5.02. The van der Waals surface area contributed by atoms with Crippen molar-refractivity contribution >= 4 is 17.9 Å². The fourth-order valence-corrected chi connectivity index (χ4v) is 2.01. The molecule has 0 bridgehead atoms. The predicted octanol–water partition coefficient (Wildman–Crippen LogP) is 0.359. The number of urea groups is 1. The van der Waals surface area contributed by atoms with E-state index in [9.17, 15) is 14.4 Å². The molecule has 1 aliphatic carbocycles. The summed E-state index contributed by atoms with van der Waals surface area (Å²) in [6.07, 6.45) is 1.64. The van der Waals surface area contributed by atoms with Crippen LogP contribution in [0.4, 0.5) is 4.79 Å². The van der Waals surface area contributed by atoms with Gasteiger partial charge in [-0.05, 0) is 32.6 Å². The normalized spacial score (nSPS) is 15.3. The molecule has 114 valence electrons. The zero-order chi connectivity index (χ0) is 15.3. The molecule has 0 aromatic rings. The highest BCUT2D eigenvalue weighted by Crippen LogP contribution is 2.32. The molecule has 20 heavy (non-hydrogen) atoms. The van der Waals surface area contributed by atoms with Crippen LogP contribution in [0.1, 0.15) is 26.7 Å². The lowest BCUT2D eigenvalue weighted by Gasteiger charge is -2.24. The summed E-state index contributed by atoms with van der Waals surface area (Å²) in [5, 5.41) is 11.5. The molecule has 0 saturated heterocycles. The molecule has 1 rings (SSSR count). The molecule has 2 N–H and O–H groups in total. The summed E-state index contributed by atoms with van der Waals surface area (Å²) in [4.78, 5) is 37.7. The first kappa shape index (κ1) is 16.3. The number of rotatable bonds is 7. The molecule has 1 aliphatic rings. The van der Waals surface area contributed by atoms with Gasteiger partial charge in [-0.2, -0.15) is 0 Å². The highest BCUT2D eigenvalue weighted by molar-refractivity contribution is 5.86. The molecule has 0 spiro atoms. The van der Waals surface area contributed by atoms with Crippen LogP contribution >= 0.6 is 0 Å². The van der Waals surface area contributed by atoms with Crippen molar-refractivity contribution in [1.82, 2.24) is 15.1 Å². The number of carboxylic acid groups (broad SMARTS) is 1. The van der Waals surface area contributed by atoms with Crippen molar-refractivity contribution in [2.75, 3.05) is 26.7 Å². The zero-order valence-corrected chi connectivity index (χ0v) is 12.3. The van der Waals surface area contributed by atoms with E-state index in [0.717, 1.165) is 12.8 Å². The van der Waals surface area contributed by atoms with Crippen LogP contribution in [-0.4, -0.2) is 65.5 Å². The minimum absolute atomic E-state index is 0.0170. The van der Waals surface area contributed by atoms with Gasteiger partial charge in [0.25, 0.3) is 0 Å². The van der Waals surface area contributed by atoms with E-state index in [4.69, 9.17) is 5.11 Å². The van der Waals surface area contributed by atoms with Crippen molar-refractivity contribution in [2.24, 2.45) is 5.92 Å². The summed E-state index contributed by atoms with van der Waals surface area (Å²) in [6, 6.07) is -1.38. The molecule has 7 nitrogen and oxygen atoms in total. The quantitative estimate of drug-likeness (QED) is 0.706. The standard InChI is InChI=1S/C13H23N3O4/c1-4-16(5-2)10(17)8-15(3)13(20)14-11(12(18)19)9-6-7-9/h9,11H,4-8H2,1-3H3,(H,14,20)(H,18,19). The minimum atomic E-state index is -1.02. The molecule has 0 heterocycles. The number of nitrogens with zero attached hydrogens (tertiary/aromatic N) is 2. The van der Waals surface area contributed by atoms with E-state index in [0.29, 0.717) is 13.1 Å². The summed E-state index contributed by atoms with van der Waals surface area (Å²) in [6.45, 7) is 4.86. The Morgan fingerprint density at radius 3 is 2.20 bits per heavy atom. The predicted molar refractivity (Wildman–Crippen MR) is 73.2 cm³/mol. The summed E-state index contributed by atoms with van der Waals surface area (Å²) < 4.78 is 0. The molecule has 0 aliphatic heterocycles. The fourth-order valence-electron chi connectivity index (χ4n) is 2.01. The van der Waals surface area contributed by atoms with Gasteiger partial charge in [0.15, 0.2) is 0 Å². The second-order valence-electron chi connectivity index (χ2n) is 5.02. The Labute approximate surface area is 118 Å². The van der Waals surface area contributed by atoms with Gasteiger partial charge in [-0.15, -0.1) is 0 Å². The molecule has 0 aromatic heterocycles. The Morgan fingerprint density at radius 1 is 1.25 bits per heavy atom. The molecule has 1 atom stereocenters. The van der Waals surface area contributed by atoms with Gasteiger partial charge >= 0.3 is 12.0 Å². The summed E-state index contributed by atoms with van der Waals surface area (Å²) in [7, 11) is 1.49. The van der Waals surface area contributed by atoms with E-state index >= 15 is 0 Å². The Bertz CT molecular complexity index is 378. The first-order valence-corrected chi connectivity index (χ1v) is 6.92. The van der Waals surface area contributed by atoms with Crippen molar-refractivity contribution in [3.05, 3.63) is 0 Å². The molecule has 0 radical (unpaired) electrons. The largest absolute Gasteiger partial charge is 0.480 e. The minimum Gasteiger partial charge on any atom is -0.480 e. The summed E-state index contributed by atoms with van der Waals surface area (Å²) >= 11 is 0. The molecule has 1 saturated carbocycles. The third-order valence-corrected chi connectivity index (χ3v) is 3.47. The number of hydrogen-bond donors (Lipinski definition) is 2. The molecule has 7 heteroatoms. The van der Waals surface area contributed by atoms with E-state index in [-0.39, 0.29) is 18.4 Å². The van der Waals surface area contributed by atoms with Gasteiger partial charge in [-0.25, -0.2) is 9.59 Å². The first-order chi connectivity index (χ1) is 9.40. The van der Waals surface area contributed by atoms with Crippen molar-refractivity contribution in [3.63, 3.8) is 0 Å². The van der Waals surface area contributed by atoms with Crippen molar-refractivity contribution in [2.45, 2.75) is 32.7 Å². The average Bonchev–Trinajstić information content (AvgIpc) is 3.20. The van der Waals surface area contributed by atoms with Crippen LogP contribution < -0.4 is 5.32 Å². The van der Waals surface area contributed by atoms with Crippen molar-refractivity contribution in [1.29, 1.82) is 0 Å². The van der Waals surface area contributed by atoms with Gasteiger partial charge in [0.05, 0.1) is 0 Å².